The van der Waals surface area contributed by atoms with Crippen LogP contribution in [0.3, 0.4) is 0 Å². The first-order chi connectivity index (χ1) is 11.1. The molecular weight excluding hydrogens is 303 g/mol. The second-order valence-corrected chi connectivity index (χ2v) is 4.87. The molecule has 0 saturated carbocycles. The monoisotopic (exact) mass is 316 g/mol. The highest BCUT2D eigenvalue weighted by molar-refractivity contribution is 5.95. The Hall–Kier alpha value is -3.09. The lowest BCUT2D eigenvalue weighted by Crippen LogP contribution is -2.42. The molecule has 0 aromatic heterocycles. The molecule has 3 rings (SSSR count). The zero-order chi connectivity index (χ0) is 16.2. The van der Waals surface area contributed by atoms with Crippen molar-refractivity contribution >= 4 is 11.8 Å². The Morgan fingerprint density at radius 3 is 2.52 bits per heavy atom. The van der Waals surface area contributed by atoms with Crippen LogP contribution in [-0.2, 0) is 11.2 Å². The maximum Gasteiger partial charge on any atom is 0.269 e. The average molecular weight is 316 g/mol. The van der Waals surface area contributed by atoms with Crippen LogP contribution in [0.4, 0.5) is 4.39 Å². The Labute approximate surface area is 131 Å². The molecule has 23 heavy (non-hydrogen) atoms. The van der Waals surface area contributed by atoms with Gasteiger partial charge in [0.25, 0.3) is 5.91 Å². The van der Waals surface area contributed by atoms with E-state index >= 15 is 0 Å². The molecule has 0 saturated heterocycles. The zero-order valence-electron chi connectivity index (χ0n) is 12.0. The SMILES string of the molecule is O=C(Cc1ccc2c(c1)OCO2)NNC(=O)c1ccc(F)cc1. The third-order valence-corrected chi connectivity index (χ3v) is 3.22. The van der Waals surface area contributed by atoms with Crippen molar-refractivity contribution in [2.24, 2.45) is 0 Å². The number of carbonyl (C=O) groups is 2. The normalized spacial score (nSPS) is 11.9. The van der Waals surface area contributed by atoms with E-state index in [1.54, 1.807) is 18.2 Å². The van der Waals surface area contributed by atoms with Gasteiger partial charge in [-0.15, -0.1) is 0 Å². The molecule has 2 amide bonds. The van der Waals surface area contributed by atoms with E-state index in [4.69, 9.17) is 9.47 Å². The number of amides is 2. The number of rotatable bonds is 3. The molecule has 0 bridgehead atoms. The van der Waals surface area contributed by atoms with Gasteiger partial charge in [0.15, 0.2) is 11.5 Å². The predicted molar refractivity (Wildman–Crippen MR) is 78.3 cm³/mol. The number of hydrogen-bond donors (Lipinski definition) is 2. The van der Waals surface area contributed by atoms with Crippen LogP contribution < -0.4 is 20.3 Å². The summed E-state index contributed by atoms with van der Waals surface area (Å²) in [6.07, 6.45) is 0.0698. The second-order valence-electron chi connectivity index (χ2n) is 4.87. The van der Waals surface area contributed by atoms with Crippen molar-refractivity contribution in [2.45, 2.75) is 6.42 Å². The van der Waals surface area contributed by atoms with E-state index in [9.17, 15) is 14.0 Å². The van der Waals surface area contributed by atoms with Crippen molar-refractivity contribution in [2.75, 3.05) is 6.79 Å². The molecule has 6 nitrogen and oxygen atoms in total. The van der Waals surface area contributed by atoms with Gasteiger partial charge in [0.05, 0.1) is 6.42 Å². The smallest absolute Gasteiger partial charge is 0.269 e. The summed E-state index contributed by atoms with van der Waals surface area (Å²) in [7, 11) is 0. The molecule has 0 unspecified atom stereocenters. The minimum Gasteiger partial charge on any atom is -0.454 e. The van der Waals surface area contributed by atoms with Crippen LogP contribution in [-0.4, -0.2) is 18.6 Å². The lowest BCUT2D eigenvalue weighted by Gasteiger charge is -2.08. The highest BCUT2D eigenvalue weighted by Crippen LogP contribution is 2.32. The van der Waals surface area contributed by atoms with Crippen molar-refractivity contribution in [3.8, 4) is 11.5 Å². The summed E-state index contributed by atoms with van der Waals surface area (Å²) in [6.45, 7) is 0.165. The number of fused-ring (bicyclic) bond motifs is 1. The zero-order valence-corrected chi connectivity index (χ0v) is 12.0. The lowest BCUT2D eigenvalue weighted by molar-refractivity contribution is -0.121. The Morgan fingerprint density at radius 1 is 1.00 bits per heavy atom. The molecule has 118 valence electrons. The van der Waals surface area contributed by atoms with Gasteiger partial charge in [-0.3, -0.25) is 20.4 Å². The lowest BCUT2D eigenvalue weighted by atomic mass is 10.1. The first kappa shape index (κ1) is 14.8. The van der Waals surface area contributed by atoms with Crippen LogP contribution in [0.25, 0.3) is 0 Å². The van der Waals surface area contributed by atoms with Crippen molar-refractivity contribution in [3.05, 3.63) is 59.4 Å². The van der Waals surface area contributed by atoms with Crippen molar-refractivity contribution in [3.63, 3.8) is 0 Å². The quantitative estimate of drug-likeness (QED) is 0.843. The molecule has 7 heteroatoms. The van der Waals surface area contributed by atoms with Gasteiger partial charge in [-0.05, 0) is 42.0 Å². The number of benzene rings is 2. The summed E-state index contributed by atoms with van der Waals surface area (Å²) in [5.74, 6) is -0.124. The van der Waals surface area contributed by atoms with Gasteiger partial charge < -0.3 is 9.47 Å². The van der Waals surface area contributed by atoms with Gasteiger partial charge in [-0.1, -0.05) is 6.07 Å². The molecule has 1 aliphatic heterocycles. The number of nitrogens with one attached hydrogen (secondary N) is 2. The van der Waals surface area contributed by atoms with E-state index in [1.807, 2.05) is 0 Å². The molecule has 0 fully saturated rings. The molecule has 2 N–H and O–H groups in total. The minimum absolute atomic E-state index is 0.0698. The van der Waals surface area contributed by atoms with Crippen molar-refractivity contribution < 1.29 is 23.5 Å². The van der Waals surface area contributed by atoms with E-state index in [0.717, 1.165) is 5.56 Å². The first-order valence-corrected chi connectivity index (χ1v) is 6.85. The van der Waals surface area contributed by atoms with Gasteiger partial charge in [0.2, 0.25) is 12.7 Å². The molecule has 1 heterocycles. The van der Waals surface area contributed by atoms with E-state index in [0.29, 0.717) is 11.5 Å². The van der Waals surface area contributed by atoms with E-state index in [2.05, 4.69) is 10.9 Å². The van der Waals surface area contributed by atoms with Crippen LogP contribution in [0.5, 0.6) is 11.5 Å². The van der Waals surface area contributed by atoms with Crippen LogP contribution in [0.15, 0.2) is 42.5 Å². The van der Waals surface area contributed by atoms with Crippen molar-refractivity contribution in [1.82, 2.24) is 10.9 Å². The first-order valence-electron chi connectivity index (χ1n) is 6.85. The standard InChI is InChI=1S/C16H13FN2O4/c17-12-4-2-11(3-5-12)16(21)19-18-15(20)8-10-1-6-13-14(7-10)23-9-22-13/h1-7H,8-9H2,(H,18,20)(H,19,21). The molecule has 0 atom stereocenters. The molecule has 1 aliphatic rings. The summed E-state index contributed by atoms with van der Waals surface area (Å²) in [4.78, 5) is 23.6. The van der Waals surface area contributed by atoms with E-state index < -0.39 is 11.7 Å². The Kier molecular flexibility index (Phi) is 4.09. The molecule has 2 aromatic rings. The average Bonchev–Trinajstić information content (AvgIpc) is 3.01. The fraction of sp³-hybridized carbons (Fsp3) is 0.125. The largest absolute Gasteiger partial charge is 0.454 e. The molecular formula is C16H13FN2O4. The van der Waals surface area contributed by atoms with Crippen LogP contribution >= 0.6 is 0 Å². The van der Waals surface area contributed by atoms with Crippen LogP contribution in [0.2, 0.25) is 0 Å². The molecule has 0 spiro atoms. The maximum atomic E-state index is 12.8. The molecule has 0 aliphatic carbocycles. The highest BCUT2D eigenvalue weighted by Gasteiger charge is 2.14. The maximum absolute atomic E-state index is 12.8. The van der Waals surface area contributed by atoms with Crippen LogP contribution in [0, 0.1) is 5.82 Å². The van der Waals surface area contributed by atoms with Gasteiger partial charge in [0, 0.05) is 5.56 Å². The van der Waals surface area contributed by atoms with E-state index in [1.165, 1.54) is 24.3 Å². The summed E-state index contributed by atoms with van der Waals surface area (Å²) < 4.78 is 23.2. The Balaban J connectivity index is 1.53. The number of halogens is 1. The van der Waals surface area contributed by atoms with Crippen molar-refractivity contribution in [1.29, 1.82) is 0 Å². The summed E-state index contributed by atoms with van der Waals surface area (Å²) in [6, 6.07) is 10.2. The van der Waals surface area contributed by atoms with Gasteiger partial charge >= 0.3 is 0 Å². The Bertz CT molecular complexity index is 746. The highest BCUT2D eigenvalue weighted by atomic mass is 19.1. The number of ether oxygens (including phenoxy) is 2. The van der Waals surface area contributed by atoms with Crippen LogP contribution in [0.1, 0.15) is 15.9 Å². The minimum atomic E-state index is -0.524. The van der Waals surface area contributed by atoms with Gasteiger partial charge in [0.1, 0.15) is 5.82 Å². The fourth-order valence-electron chi connectivity index (χ4n) is 2.08. The summed E-state index contributed by atoms with van der Waals surface area (Å²) in [5.41, 5.74) is 5.55. The fourth-order valence-corrected chi connectivity index (χ4v) is 2.08. The third-order valence-electron chi connectivity index (χ3n) is 3.22. The summed E-state index contributed by atoms with van der Waals surface area (Å²) in [5, 5.41) is 0. The Morgan fingerprint density at radius 2 is 1.74 bits per heavy atom. The third kappa shape index (κ3) is 3.57. The summed E-state index contributed by atoms with van der Waals surface area (Å²) >= 11 is 0. The van der Waals surface area contributed by atoms with Gasteiger partial charge in [-0.25, -0.2) is 4.39 Å². The number of hydrazine groups is 1. The second kappa shape index (κ2) is 6.35. The number of carbonyl (C=O) groups excluding carboxylic acids is 2. The van der Waals surface area contributed by atoms with E-state index in [-0.39, 0.29) is 24.7 Å². The molecule has 0 radical (unpaired) electrons. The number of hydrogen-bond acceptors (Lipinski definition) is 4. The molecule has 2 aromatic carbocycles. The topological polar surface area (TPSA) is 76.7 Å². The predicted octanol–water partition coefficient (Wildman–Crippen LogP) is 1.56. The van der Waals surface area contributed by atoms with Gasteiger partial charge in [-0.2, -0.15) is 0 Å².